The van der Waals surface area contributed by atoms with Crippen LogP contribution in [0.1, 0.15) is 39.0 Å². The van der Waals surface area contributed by atoms with Gasteiger partial charge in [-0.15, -0.1) is 0 Å². The van der Waals surface area contributed by atoms with Crippen LogP contribution in [0.25, 0.3) is 0 Å². The minimum atomic E-state index is -0.451. The number of esters is 1. The molecule has 0 saturated heterocycles. The molecule has 0 aliphatic carbocycles. The third-order valence-electron chi connectivity index (χ3n) is 2.64. The van der Waals surface area contributed by atoms with Crippen LogP contribution in [0.4, 0.5) is 0 Å². The Morgan fingerprint density at radius 3 is 2.53 bits per heavy atom. The van der Waals surface area contributed by atoms with E-state index in [1.165, 1.54) is 7.11 Å². The number of ether oxygens (including phenoxy) is 1. The monoisotopic (exact) mass is 238 g/mol. The van der Waals surface area contributed by atoms with Crippen molar-refractivity contribution in [1.29, 1.82) is 0 Å². The van der Waals surface area contributed by atoms with E-state index in [9.17, 15) is 9.59 Å². The van der Waals surface area contributed by atoms with Crippen molar-refractivity contribution in [3.8, 4) is 0 Å². The predicted octanol–water partition coefficient (Wildman–Crippen LogP) is 1.21. The highest BCUT2D eigenvalue weighted by atomic mass is 16.5. The number of carbonyl (C=O) groups excluding carboxylic acids is 2. The van der Waals surface area contributed by atoms with Crippen molar-refractivity contribution >= 4 is 11.8 Å². The number of ketones is 1. The number of aryl methyl sites for hydroxylation is 1. The summed E-state index contributed by atoms with van der Waals surface area (Å²) in [5.41, 5.74) is 2.28. The van der Waals surface area contributed by atoms with E-state index >= 15 is 0 Å². The lowest BCUT2D eigenvalue weighted by molar-refractivity contribution is 0.0594. The summed E-state index contributed by atoms with van der Waals surface area (Å²) in [5, 5.41) is 2.97. The van der Waals surface area contributed by atoms with Gasteiger partial charge in [0.2, 0.25) is 0 Å². The summed E-state index contributed by atoms with van der Waals surface area (Å²) >= 11 is 0. The largest absolute Gasteiger partial charge is 0.464 e. The first-order valence-corrected chi connectivity index (χ1v) is 5.54. The second-order valence-electron chi connectivity index (χ2n) is 3.82. The van der Waals surface area contributed by atoms with Gasteiger partial charge in [-0.25, -0.2) is 4.79 Å². The number of H-pyrrole nitrogens is 1. The van der Waals surface area contributed by atoms with Gasteiger partial charge >= 0.3 is 5.97 Å². The van der Waals surface area contributed by atoms with E-state index in [0.717, 1.165) is 6.54 Å². The molecule has 0 aliphatic rings. The fourth-order valence-corrected chi connectivity index (χ4v) is 1.80. The van der Waals surface area contributed by atoms with Gasteiger partial charge in [-0.2, -0.15) is 0 Å². The molecule has 0 bridgehead atoms. The fraction of sp³-hybridized carbons (Fsp3) is 0.500. The third kappa shape index (κ3) is 2.74. The molecule has 1 aromatic heterocycles. The molecule has 0 aliphatic heterocycles. The average molecular weight is 238 g/mol. The van der Waals surface area contributed by atoms with Crippen molar-refractivity contribution in [3.63, 3.8) is 0 Å². The van der Waals surface area contributed by atoms with E-state index in [1.54, 1.807) is 13.8 Å². The highest BCUT2D eigenvalue weighted by Gasteiger charge is 2.21. The van der Waals surface area contributed by atoms with Gasteiger partial charge < -0.3 is 15.0 Å². The van der Waals surface area contributed by atoms with Gasteiger partial charge in [-0.05, 0) is 26.0 Å². The number of rotatable bonds is 5. The Hall–Kier alpha value is -1.62. The molecule has 0 atom stereocenters. The molecule has 1 heterocycles. The maximum Gasteiger partial charge on any atom is 0.354 e. The van der Waals surface area contributed by atoms with E-state index in [4.69, 9.17) is 0 Å². The van der Waals surface area contributed by atoms with Crippen LogP contribution in [0, 0.1) is 13.8 Å². The molecule has 94 valence electrons. The number of aromatic amines is 1. The summed E-state index contributed by atoms with van der Waals surface area (Å²) in [4.78, 5) is 26.3. The molecule has 0 unspecified atom stereocenters. The standard InChI is InChI=1S/C12H18N2O3/c1-5-13-6-9(15)10-7(2)11(12(16)17-4)14-8(10)3/h13-14H,5-6H2,1-4H3. The normalized spacial score (nSPS) is 10.4. The molecule has 5 heteroatoms. The highest BCUT2D eigenvalue weighted by molar-refractivity contribution is 6.03. The van der Waals surface area contributed by atoms with E-state index in [1.807, 2.05) is 6.92 Å². The molecule has 1 aromatic rings. The molecular formula is C12H18N2O3. The zero-order chi connectivity index (χ0) is 13.0. The van der Waals surface area contributed by atoms with Crippen LogP contribution < -0.4 is 5.32 Å². The highest BCUT2D eigenvalue weighted by Crippen LogP contribution is 2.18. The van der Waals surface area contributed by atoms with Crippen molar-refractivity contribution < 1.29 is 14.3 Å². The Morgan fingerprint density at radius 1 is 1.35 bits per heavy atom. The molecule has 0 aromatic carbocycles. The number of likely N-dealkylation sites (N-methyl/N-ethyl adjacent to an activating group) is 1. The maximum atomic E-state index is 11.9. The second-order valence-corrected chi connectivity index (χ2v) is 3.82. The van der Waals surface area contributed by atoms with E-state index in [2.05, 4.69) is 15.0 Å². The van der Waals surface area contributed by atoms with Crippen LogP contribution in [0.2, 0.25) is 0 Å². The molecule has 0 spiro atoms. The van der Waals surface area contributed by atoms with Crippen LogP contribution >= 0.6 is 0 Å². The lowest BCUT2D eigenvalue weighted by Crippen LogP contribution is -2.23. The van der Waals surface area contributed by atoms with Gasteiger partial charge in [-0.3, -0.25) is 4.79 Å². The van der Waals surface area contributed by atoms with Gasteiger partial charge in [0.15, 0.2) is 5.78 Å². The number of methoxy groups -OCH3 is 1. The van der Waals surface area contributed by atoms with E-state index in [0.29, 0.717) is 22.5 Å². The summed E-state index contributed by atoms with van der Waals surface area (Å²) < 4.78 is 4.65. The van der Waals surface area contributed by atoms with E-state index in [-0.39, 0.29) is 12.3 Å². The second kappa shape index (κ2) is 5.63. The molecule has 0 radical (unpaired) electrons. The smallest absolute Gasteiger partial charge is 0.354 e. The lowest BCUT2D eigenvalue weighted by atomic mass is 10.1. The zero-order valence-electron chi connectivity index (χ0n) is 10.6. The lowest BCUT2D eigenvalue weighted by Gasteiger charge is -2.02. The Labute approximate surface area is 101 Å². The Morgan fingerprint density at radius 2 is 2.00 bits per heavy atom. The molecule has 0 amide bonds. The Bertz CT molecular complexity index is 435. The van der Waals surface area contributed by atoms with Crippen molar-refractivity contribution in [2.45, 2.75) is 20.8 Å². The Kier molecular flexibility index (Phi) is 4.45. The zero-order valence-corrected chi connectivity index (χ0v) is 10.6. The minimum Gasteiger partial charge on any atom is -0.464 e. The van der Waals surface area contributed by atoms with Gasteiger partial charge in [0.25, 0.3) is 0 Å². The molecule has 17 heavy (non-hydrogen) atoms. The van der Waals surface area contributed by atoms with Gasteiger partial charge in [-0.1, -0.05) is 6.92 Å². The summed E-state index contributed by atoms with van der Waals surface area (Å²) in [6.45, 7) is 6.46. The third-order valence-corrected chi connectivity index (χ3v) is 2.64. The van der Waals surface area contributed by atoms with E-state index < -0.39 is 5.97 Å². The van der Waals surface area contributed by atoms with Crippen LogP contribution in [-0.4, -0.2) is 36.9 Å². The SMILES string of the molecule is CCNCC(=O)c1c(C)[nH]c(C(=O)OC)c1C. The topological polar surface area (TPSA) is 71.2 Å². The predicted molar refractivity (Wildman–Crippen MR) is 64.5 cm³/mol. The molecule has 5 nitrogen and oxygen atoms in total. The average Bonchev–Trinajstić information content (AvgIpc) is 2.61. The summed E-state index contributed by atoms with van der Waals surface area (Å²) in [6, 6.07) is 0. The van der Waals surface area contributed by atoms with Crippen LogP contribution in [0.3, 0.4) is 0 Å². The van der Waals surface area contributed by atoms with Crippen LogP contribution in [0.5, 0.6) is 0 Å². The van der Waals surface area contributed by atoms with Crippen molar-refractivity contribution in [2.75, 3.05) is 20.2 Å². The number of hydrogen-bond acceptors (Lipinski definition) is 4. The van der Waals surface area contributed by atoms with Crippen LogP contribution in [0.15, 0.2) is 0 Å². The first-order valence-electron chi connectivity index (χ1n) is 5.54. The number of nitrogens with one attached hydrogen (secondary N) is 2. The van der Waals surface area contributed by atoms with Gasteiger partial charge in [0.05, 0.1) is 13.7 Å². The molecule has 1 rings (SSSR count). The van der Waals surface area contributed by atoms with Crippen molar-refractivity contribution in [3.05, 3.63) is 22.5 Å². The first kappa shape index (κ1) is 13.4. The van der Waals surface area contributed by atoms with Crippen molar-refractivity contribution in [2.24, 2.45) is 0 Å². The number of Topliss-reactive ketones (excluding diaryl/α,β-unsaturated/α-hetero) is 1. The molecule has 0 fully saturated rings. The quantitative estimate of drug-likeness (QED) is 0.597. The number of carbonyl (C=O) groups is 2. The number of hydrogen-bond donors (Lipinski definition) is 2. The van der Waals surface area contributed by atoms with Crippen molar-refractivity contribution in [1.82, 2.24) is 10.3 Å². The summed E-state index contributed by atoms with van der Waals surface area (Å²) in [5.74, 6) is -0.471. The van der Waals surface area contributed by atoms with Gasteiger partial charge in [0, 0.05) is 11.3 Å². The molecule has 0 saturated carbocycles. The maximum absolute atomic E-state index is 11.9. The summed E-state index contributed by atoms with van der Waals surface area (Å²) in [6.07, 6.45) is 0. The summed E-state index contributed by atoms with van der Waals surface area (Å²) in [7, 11) is 1.32. The van der Waals surface area contributed by atoms with Gasteiger partial charge in [0.1, 0.15) is 5.69 Å². The molecular weight excluding hydrogens is 220 g/mol. The number of aromatic nitrogens is 1. The first-order chi connectivity index (χ1) is 8.02. The fourth-order valence-electron chi connectivity index (χ4n) is 1.80. The Balaban J connectivity index is 3.05. The van der Waals surface area contributed by atoms with Crippen LogP contribution in [-0.2, 0) is 4.74 Å². The minimum absolute atomic E-state index is 0.0201. The molecule has 2 N–H and O–H groups in total.